The maximum atomic E-state index is 12.9. The van der Waals surface area contributed by atoms with Crippen molar-refractivity contribution < 1.29 is 14.3 Å². The van der Waals surface area contributed by atoms with Crippen LogP contribution in [0.15, 0.2) is 30.7 Å². The number of hydrazine groups is 1. The molecule has 2 aliphatic rings. The molecule has 1 saturated heterocycles. The minimum atomic E-state index is -0.159. The van der Waals surface area contributed by atoms with Gasteiger partial charge in [0.05, 0.1) is 24.8 Å². The van der Waals surface area contributed by atoms with E-state index >= 15 is 0 Å². The fourth-order valence-electron chi connectivity index (χ4n) is 3.97. The topological polar surface area (TPSA) is 92.4 Å². The van der Waals surface area contributed by atoms with Crippen molar-refractivity contribution in [1.82, 2.24) is 25.4 Å². The van der Waals surface area contributed by atoms with Gasteiger partial charge in [-0.3, -0.25) is 10.2 Å². The highest BCUT2D eigenvalue weighted by atomic mass is 16.5. The van der Waals surface area contributed by atoms with Crippen LogP contribution in [0.3, 0.4) is 0 Å². The van der Waals surface area contributed by atoms with Gasteiger partial charge in [-0.1, -0.05) is 6.42 Å². The highest BCUT2D eigenvalue weighted by Gasteiger charge is 2.24. The second kappa shape index (κ2) is 8.55. The second-order valence-corrected chi connectivity index (χ2v) is 8.25. The van der Waals surface area contributed by atoms with Gasteiger partial charge >= 0.3 is 0 Å². The number of nitrogens with zero attached hydrogens (tertiary/aromatic N) is 3. The fraction of sp³-hybridized carbons (Fsp3) is 0.435. The van der Waals surface area contributed by atoms with Gasteiger partial charge in [0.15, 0.2) is 0 Å². The van der Waals surface area contributed by atoms with Crippen LogP contribution in [-0.4, -0.2) is 52.7 Å². The third-order valence-corrected chi connectivity index (χ3v) is 5.94. The lowest BCUT2D eigenvalue weighted by molar-refractivity contribution is 0.0751. The first-order valence-corrected chi connectivity index (χ1v) is 10.9. The molecule has 1 saturated carbocycles. The Morgan fingerprint density at radius 3 is 2.84 bits per heavy atom. The first-order valence-electron chi connectivity index (χ1n) is 10.9. The number of carbonyl (C=O) groups excluding carboxylic acids is 1. The van der Waals surface area contributed by atoms with E-state index in [1.54, 1.807) is 13.3 Å². The van der Waals surface area contributed by atoms with Gasteiger partial charge in [-0.15, -0.1) is 0 Å². The van der Waals surface area contributed by atoms with Crippen LogP contribution in [0.5, 0.6) is 11.5 Å². The zero-order valence-electron chi connectivity index (χ0n) is 17.7. The Kier molecular flexibility index (Phi) is 5.46. The van der Waals surface area contributed by atoms with Crippen molar-refractivity contribution >= 4 is 16.9 Å². The second-order valence-electron chi connectivity index (χ2n) is 8.25. The Morgan fingerprint density at radius 2 is 2.06 bits per heavy atom. The third kappa shape index (κ3) is 4.20. The number of carbonyl (C=O) groups is 1. The van der Waals surface area contributed by atoms with Crippen LogP contribution in [0.1, 0.15) is 42.5 Å². The molecular formula is C23H27N5O3. The number of aromatic amines is 1. The molecule has 1 amide bonds. The van der Waals surface area contributed by atoms with Crippen LogP contribution in [0.2, 0.25) is 0 Å². The first kappa shape index (κ1) is 19.8. The van der Waals surface area contributed by atoms with E-state index in [2.05, 4.69) is 20.4 Å². The maximum absolute atomic E-state index is 12.9. The molecule has 162 valence electrons. The van der Waals surface area contributed by atoms with Crippen molar-refractivity contribution in [3.63, 3.8) is 0 Å². The van der Waals surface area contributed by atoms with Gasteiger partial charge < -0.3 is 14.5 Å². The number of hydrogen-bond donors (Lipinski definition) is 2. The molecule has 1 aliphatic carbocycles. The zero-order chi connectivity index (χ0) is 21.2. The molecular weight excluding hydrogens is 394 g/mol. The molecule has 8 heteroatoms. The van der Waals surface area contributed by atoms with Crippen molar-refractivity contribution in [2.45, 2.75) is 32.1 Å². The molecule has 0 bridgehead atoms. The summed E-state index contributed by atoms with van der Waals surface area (Å²) in [5.74, 6) is 1.95. The van der Waals surface area contributed by atoms with Crippen LogP contribution in [0.4, 0.5) is 0 Å². The number of ether oxygens (including phenoxy) is 2. The SMILES string of the molecule is COc1ccc(OCC2CC2)c(-c2ncnc3c(C(=O)NN4CCCCC4)c[nH]c23)c1. The summed E-state index contributed by atoms with van der Waals surface area (Å²) in [6.45, 7) is 2.45. The van der Waals surface area contributed by atoms with E-state index in [1.807, 2.05) is 23.2 Å². The Hall–Kier alpha value is -3.13. The van der Waals surface area contributed by atoms with Gasteiger partial charge in [-0.2, -0.15) is 0 Å². The van der Waals surface area contributed by atoms with Crippen LogP contribution < -0.4 is 14.9 Å². The van der Waals surface area contributed by atoms with Crippen molar-refractivity contribution in [2.75, 3.05) is 26.8 Å². The van der Waals surface area contributed by atoms with Crippen molar-refractivity contribution in [3.8, 4) is 22.8 Å². The predicted molar refractivity (Wildman–Crippen MR) is 117 cm³/mol. The third-order valence-electron chi connectivity index (χ3n) is 5.94. The Bertz CT molecular complexity index is 1090. The van der Waals surface area contributed by atoms with E-state index in [9.17, 15) is 4.79 Å². The fourth-order valence-corrected chi connectivity index (χ4v) is 3.97. The van der Waals surface area contributed by atoms with Crippen LogP contribution in [0, 0.1) is 5.92 Å². The number of H-pyrrole nitrogens is 1. The molecule has 0 spiro atoms. The predicted octanol–water partition coefficient (Wildman–Crippen LogP) is 3.55. The number of amides is 1. The van der Waals surface area contributed by atoms with Gasteiger partial charge in [-0.25, -0.2) is 15.0 Å². The summed E-state index contributed by atoms with van der Waals surface area (Å²) >= 11 is 0. The maximum Gasteiger partial charge on any atom is 0.269 e. The number of aromatic nitrogens is 3. The lowest BCUT2D eigenvalue weighted by Crippen LogP contribution is -2.45. The normalized spacial score (nSPS) is 16.9. The highest BCUT2D eigenvalue weighted by Crippen LogP contribution is 2.37. The highest BCUT2D eigenvalue weighted by molar-refractivity contribution is 6.07. The molecule has 2 aromatic heterocycles. The standard InChI is InChI=1S/C23H27N5O3/c1-30-16-7-8-19(31-13-15-5-6-15)17(11-16)20-22-21(26-14-25-20)18(12-24-22)23(29)27-28-9-3-2-4-10-28/h7-8,11-12,14-15,24H,2-6,9-10,13H2,1H3,(H,27,29). The molecule has 8 nitrogen and oxygen atoms in total. The van der Waals surface area contributed by atoms with Gasteiger partial charge in [0.1, 0.15) is 29.0 Å². The smallest absolute Gasteiger partial charge is 0.269 e. The summed E-state index contributed by atoms with van der Waals surface area (Å²) in [6, 6.07) is 5.71. The number of fused-ring (bicyclic) bond motifs is 1. The summed E-state index contributed by atoms with van der Waals surface area (Å²) in [5, 5.41) is 1.98. The van der Waals surface area contributed by atoms with Gasteiger partial charge in [-0.05, 0) is 49.8 Å². The molecule has 0 atom stereocenters. The molecule has 1 aromatic carbocycles. The van der Waals surface area contributed by atoms with Crippen LogP contribution in [0.25, 0.3) is 22.3 Å². The molecule has 3 heterocycles. The molecule has 31 heavy (non-hydrogen) atoms. The zero-order valence-corrected chi connectivity index (χ0v) is 17.7. The largest absolute Gasteiger partial charge is 0.497 e. The molecule has 0 radical (unpaired) electrons. The van der Waals surface area contributed by atoms with E-state index in [0.29, 0.717) is 34.8 Å². The minimum Gasteiger partial charge on any atom is -0.497 e. The Labute approximate surface area is 180 Å². The van der Waals surface area contributed by atoms with Gasteiger partial charge in [0.2, 0.25) is 0 Å². The van der Waals surface area contributed by atoms with E-state index in [4.69, 9.17) is 9.47 Å². The van der Waals surface area contributed by atoms with E-state index in [1.165, 1.54) is 25.6 Å². The molecule has 3 aromatic rings. The molecule has 2 fully saturated rings. The number of nitrogens with one attached hydrogen (secondary N) is 2. The summed E-state index contributed by atoms with van der Waals surface area (Å²) < 4.78 is 11.5. The quantitative estimate of drug-likeness (QED) is 0.606. The average molecular weight is 422 g/mol. The van der Waals surface area contributed by atoms with Crippen LogP contribution >= 0.6 is 0 Å². The summed E-state index contributed by atoms with van der Waals surface area (Å²) in [4.78, 5) is 25.1. The van der Waals surface area contributed by atoms with Crippen LogP contribution in [-0.2, 0) is 0 Å². The lowest BCUT2D eigenvalue weighted by Gasteiger charge is -2.26. The van der Waals surface area contributed by atoms with E-state index < -0.39 is 0 Å². The molecule has 1 aliphatic heterocycles. The number of piperidine rings is 1. The average Bonchev–Trinajstić information content (AvgIpc) is 3.54. The molecule has 2 N–H and O–H groups in total. The summed E-state index contributed by atoms with van der Waals surface area (Å²) in [7, 11) is 1.64. The number of methoxy groups -OCH3 is 1. The monoisotopic (exact) mass is 421 g/mol. The van der Waals surface area contributed by atoms with Crippen molar-refractivity contribution in [3.05, 3.63) is 36.3 Å². The Balaban J connectivity index is 1.48. The molecule has 0 unspecified atom stereocenters. The molecule has 5 rings (SSSR count). The van der Waals surface area contributed by atoms with Gasteiger partial charge in [0.25, 0.3) is 5.91 Å². The van der Waals surface area contributed by atoms with E-state index in [0.717, 1.165) is 43.0 Å². The van der Waals surface area contributed by atoms with Crippen molar-refractivity contribution in [1.29, 1.82) is 0 Å². The summed E-state index contributed by atoms with van der Waals surface area (Å²) in [5.41, 5.74) is 6.32. The summed E-state index contributed by atoms with van der Waals surface area (Å²) in [6.07, 6.45) is 9.03. The first-order chi connectivity index (χ1) is 15.2. The number of rotatable bonds is 7. The Morgan fingerprint density at radius 1 is 1.23 bits per heavy atom. The van der Waals surface area contributed by atoms with E-state index in [-0.39, 0.29) is 5.91 Å². The number of benzene rings is 1. The van der Waals surface area contributed by atoms with Gasteiger partial charge in [0, 0.05) is 24.8 Å². The van der Waals surface area contributed by atoms with Crippen molar-refractivity contribution in [2.24, 2.45) is 5.92 Å². The minimum absolute atomic E-state index is 0.159. The lowest BCUT2D eigenvalue weighted by atomic mass is 10.1. The number of hydrogen-bond acceptors (Lipinski definition) is 6.